The summed E-state index contributed by atoms with van der Waals surface area (Å²) in [6.07, 6.45) is 17.3. The number of benzene rings is 7. The molecule has 1 saturated heterocycles. The summed E-state index contributed by atoms with van der Waals surface area (Å²) in [4.78, 5) is 5.27. The Labute approximate surface area is 569 Å². The first-order chi connectivity index (χ1) is 46.9. The fourth-order valence-electron chi connectivity index (χ4n) is 19.9. The Bertz CT molecular complexity index is 4570. The molecule has 0 amide bonds. The SMILES string of the molecule is CNCc1cc2cccc3c2c2c1C[C@@H]1C=Cc4c([C@@H]5CCC[C@](O)([C@H](Cc6ccccc6)C[C@@]6(N=C(N)N)Oc7ccc8c(c7)CC[C@@H](C)[C@@H]8C[C@@H](S(=O)(=O)O)[C@H]7C=C8C[C@H](C[C@H]9C[C@@H](CO)CC#Cc%10cc(O)ccc%10[C@@H]8O9)[C@@H]7c7ccc6cc7)C5)ccc(c41)[C@H](O)[C@@H]2C=C3. The Hall–Kier alpha value is -7.84. The Morgan fingerprint density at radius 1 is 0.866 bits per heavy atom. The Morgan fingerprint density at radius 2 is 1.68 bits per heavy atom. The molecule has 7 aromatic carbocycles. The molecule has 500 valence electrons. The first-order valence-electron chi connectivity index (χ1n) is 35.4. The molecule has 0 radical (unpaired) electrons. The minimum atomic E-state index is -4.73. The summed E-state index contributed by atoms with van der Waals surface area (Å²) in [7, 11) is -2.73. The van der Waals surface area contributed by atoms with Crippen LogP contribution in [0.3, 0.4) is 0 Å². The van der Waals surface area contributed by atoms with E-state index in [9.17, 15) is 33.4 Å². The van der Waals surface area contributed by atoms with Gasteiger partial charge in [-0.25, -0.2) is 4.99 Å². The molecule has 97 heavy (non-hydrogen) atoms. The van der Waals surface area contributed by atoms with Gasteiger partial charge in [0.2, 0.25) is 5.72 Å². The van der Waals surface area contributed by atoms with Crippen LogP contribution in [0.4, 0.5) is 0 Å². The van der Waals surface area contributed by atoms with Crippen molar-refractivity contribution in [3.05, 3.63) is 235 Å². The highest BCUT2D eigenvalue weighted by Crippen LogP contribution is 2.58. The summed E-state index contributed by atoms with van der Waals surface area (Å²) >= 11 is 0. The number of aromatic hydroxyl groups is 1. The molecule has 13 nitrogen and oxygen atoms in total. The van der Waals surface area contributed by atoms with Gasteiger partial charge in [0, 0.05) is 60.4 Å². The molecule has 0 spiro atoms. The van der Waals surface area contributed by atoms with Crippen LogP contribution < -0.4 is 21.5 Å². The molecule has 5 aliphatic heterocycles. The minimum absolute atomic E-state index is 0.0354. The molecule has 11 aliphatic rings. The number of nitrogens with two attached hydrogens (primary N) is 2. The molecule has 10 N–H and O–H groups in total. The first-order valence-corrected chi connectivity index (χ1v) is 36.9. The number of phenols is 1. The van der Waals surface area contributed by atoms with Gasteiger partial charge in [0.1, 0.15) is 17.6 Å². The second kappa shape index (κ2) is 25.2. The van der Waals surface area contributed by atoms with Crippen LogP contribution in [-0.2, 0) is 46.4 Å². The zero-order valence-electron chi connectivity index (χ0n) is 55.3. The summed E-state index contributed by atoms with van der Waals surface area (Å²) in [5.74, 6) is 4.65. The van der Waals surface area contributed by atoms with Crippen LogP contribution in [0, 0.1) is 41.4 Å². The number of nitrogens with one attached hydrogen (secondary N) is 1. The number of aliphatic imine (C=N–C) groups is 1. The lowest BCUT2D eigenvalue weighted by Crippen LogP contribution is -2.48. The normalized spacial score (nSPS) is 30.7. The molecule has 2 fully saturated rings. The van der Waals surface area contributed by atoms with Crippen molar-refractivity contribution < 1.29 is 42.9 Å². The van der Waals surface area contributed by atoms with Crippen LogP contribution in [0.25, 0.3) is 22.9 Å². The molecular formula is C83H88N4O9S. The zero-order valence-corrected chi connectivity index (χ0v) is 56.1. The highest BCUT2D eigenvalue weighted by molar-refractivity contribution is 7.86. The van der Waals surface area contributed by atoms with E-state index in [1.807, 2.05) is 49.5 Å². The molecule has 0 unspecified atom stereocenters. The van der Waals surface area contributed by atoms with Gasteiger partial charge in [-0.3, -0.25) is 4.55 Å². The lowest BCUT2D eigenvalue weighted by atomic mass is 9.64. The predicted molar refractivity (Wildman–Crippen MR) is 380 cm³/mol. The number of aryl methyl sites for hydroxylation is 1. The van der Waals surface area contributed by atoms with E-state index in [4.69, 9.17) is 25.9 Å². The number of phenolic OH excluding ortho intramolecular Hbond substituents is 1. The van der Waals surface area contributed by atoms with E-state index < -0.39 is 56.7 Å². The van der Waals surface area contributed by atoms with Crippen molar-refractivity contribution in [2.24, 2.45) is 46.0 Å². The quantitative estimate of drug-likeness (QED) is 0.0199. The van der Waals surface area contributed by atoms with Crippen molar-refractivity contribution in [1.82, 2.24) is 5.32 Å². The number of allylic oxidation sites excluding steroid dienone is 2. The van der Waals surface area contributed by atoms with Crippen LogP contribution in [0.2, 0.25) is 0 Å². The Morgan fingerprint density at radius 3 is 2.48 bits per heavy atom. The third-order valence-corrected chi connectivity index (χ3v) is 25.6. The highest BCUT2D eigenvalue weighted by atomic mass is 32.2. The number of hydrogen-bond acceptors (Lipinski definition) is 10. The molecule has 18 rings (SSSR count). The van der Waals surface area contributed by atoms with Gasteiger partial charge >= 0.3 is 0 Å². The fraction of sp³-hybridized carbons (Fsp3) is 0.410. The number of aliphatic hydroxyl groups is 3. The van der Waals surface area contributed by atoms with Crippen LogP contribution >= 0.6 is 0 Å². The van der Waals surface area contributed by atoms with Crippen molar-refractivity contribution >= 4 is 39.0 Å². The van der Waals surface area contributed by atoms with Gasteiger partial charge in [-0.05, 0) is 239 Å². The number of nitrogens with zero attached hydrogens (tertiary/aromatic N) is 1. The molecule has 6 aliphatic carbocycles. The Balaban J connectivity index is 0.811. The molecule has 5 heterocycles. The number of rotatable bonds is 11. The van der Waals surface area contributed by atoms with E-state index in [0.29, 0.717) is 68.2 Å². The second-order valence-electron chi connectivity index (χ2n) is 30.0. The van der Waals surface area contributed by atoms with Gasteiger partial charge in [-0.2, -0.15) is 8.42 Å². The van der Waals surface area contributed by atoms with E-state index in [2.05, 4.69) is 127 Å². The summed E-state index contributed by atoms with van der Waals surface area (Å²) in [6, 6.07) is 43.0. The average molecular weight is 1320 g/mol. The highest BCUT2D eigenvalue weighted by Gasteiger charge is 2.52. The van der Waals surface area contributed by atoms with Gasteiger partial charge in [-0.1, -0.05) is 146 Å². The maximum Gasteiger partial charge on any atom is 0.268 e. The number of hydrogen-bond donors (Lipinski definition) is 8. The molecule has 14 heteroatoms. The summed E-state index contributed by atoms with van der Waals surface area (Å²) in [5.41, 5.74) is 27.0. The Kier molecular flexibility index (Phi) is 16.6. The van der Waals surface area contributed by atoms with E-state index in [-0.39, 0.29) is 78.7 Å². The van der Waals surface area contributed by atoms with Crippen LogP contribution in [-0.4, -0.2) is 70.0 Å². The summed E-state index contributed by atoms with van der Waals surface area (Å²) in [5, 5.41) is 53.3. The molecule has 0 aromatic heterocycles. The summed E-state index contributed by atoms with van der Waals surface area (Å²) < 4.78 is 56.0. The standard InChI is InChI=1S/C83H88N4O9S/c1-47-16-17-53-38-63-25-29-65(53)71(47)42-74(97(92,93)94)73-41-58-36-57(39-64-34-49(46-88)11-6-13-52-37-62(89)24-28-67(52)80(58)95-64)75(73)51-18-22-60(23-19-51)83(96-63,87-81(84)85)44-61(33-48-9-4-3-5-10-48)82(91)32-8-15-56(43-82)66-30-31-69-77-55(21-26-68(66)77)40-72-59(45-86-2)35-54-14-7-12-50-20-27-70(79(69)90)78(72)76(50)54/h3-5,7,9-10,12,14,18-31,35,37-38,41,47,49,55-57,61,64,70-71,73-75,79-80,86,88-91H,8,11,15-17,32-34,36,39-40,42-46H2,1-2H3,(H4,84,85,87)(H,92,93,94)/t47-,49+,55+,56-,57-,61-,64-,70-,71+,73-,74-,75+,79+,80-,82-,83-/m1/s1. The van der Waals surface area contributed by atoms with Crippen LogP contribution in [0.5, 0.6) is 11.5 Å². The topological polar surface area (TPSA) is 230 Å². The van der Waals surface area contributed by atoms with Crippen molar-refractivity contribution in [2.45, 2.75) is 168 Å². The largest absolute Gasteiger partial charge is 0.508 e. The molecule has 1 saturated carbocycles. The van der Waals surface area contributed by atoms with E-state index in [0.717, 1.165) is 76.7 Å². The maximum absolute atomic E-state index is 14.6. The first kappa shape index (κ1) is 63.9. The average Bonchev–Trinajstić information content (AvgIpc) is 1.67. The second-order valence-corrected chi connectivity index (χ2v) is 31.7. The van der Waals surface area contributed by atoms with Crippen LogP contribution in [0.15, 0.2) is 156 Å². The number of ether oxygens (including phenoxy) is 2. The van der Waals surface area contributed by atoms with Gasteiger partial charge < -0.3 is 46.7 Å². The van der Waals surface area contributed by atoms with Crippen molar-refractivity contribution in [1.29, 1.82) is 0 Å². The predicted octanol–water partition coefficient (Wildman–Crippen LogP) is 13.9. The lowest BCUT2D eigenvalue weighted by Gasteiger charge is -2.46. The smallest absolute Gasteiger partial charge is 0.268 e. The third-order valence-electron chi connectivity index (χ3n) is 24.3. The van der Waals surface area contributed by atoms with Gasteiger partial charge in [0.05, 0.1) is 23.1 Å². The van der Waals surface area contributed by atoms with Gasteiger partial charge in [-0.15, -0.1) is 0 Å². The van der Waals surface area contributed by atoms with Crippen molar-refractivity contribution in [3.63, 3.8) is 0 Å². The maximum atomic E-state index is 14.6. The van der Waals surface area contributed by atoms with Crippen molar-refractivity contribution in [2.75, 3.05) is 13.7 Å². The van der Waals surface area contributed by atoms with E-state index in [1.165, 1.54) is 44.2 Å². The fourth-order valence-corrected chi connectivity index (χ4v) is 21.0. The third kappa shape index (κ3) is 11.5. The lowest BCUT2D eigenvalue weighted by molar-refractivity contribution is -0.0834. The van der Waals surface area contributed by atoms with E-state index in [1.54, 1.807) is 12.1 Å². The minimum Gasteiger partial charge on any atom is -0.508 e. The number of aliphatic hydroxyl groups excluding tert-OH is 2. The molecule has 16 atom stereocenters. The summed E-state index contributed by atoms with van der Waals surface area (Å²) in [6.45, 7) is 2.81. The number of fused-ring (bicyclic) bond motifs is 8. The molecule has 7 aromatic rings. The molecule has 10 bridgehead atoms. The monoisotopic (exact) mass is 1320 g/mol. The van der Waals surface area contributed by atoms with Crippen molar-refractivity contribution in [3.8, 4) is 23.3 Å². The van der Waals surface area contributed by atoms with Crippen LogP contribution in [0.1, 0.15) is 203 Å². The molecular weight excluding hydrogens is 1230 g/mol. The van der Waals surface area contributed by atoms with E-state index >= 15 is 0 Å². The van der Waals surface area contributed by atoms with Gasteiger partial charge in [0.25, 0.3) is 10.1 Å². The zero-order chi connectivity index (χ0) is 66.6. The van der Waals surface area contributed by atoms with Gasteiger partial charge in [0.15, 0.2) is 5.96 Å². The number of guanidine groups is 1.